The molecule has 1 atom stereocenters. The van der Waals surface area contributed by atoms with Gasteiger partial charge < -0.3 is 4.74 Å². The molecule has 1 aromatic carbocycles. The van der Waals surface area contributed by atoms with Crippen molar-refractivity contribution in [2.75, 3.05) is 0 Å². The number of ether oxygens (including phenoxy) is 1. The molecule has 0 bridgehead atoms. The average molecular weight is 336 g/mol. The van der Waals surface area contributed by atoms with Gasteiger partial charge in [0.1, 0.15) is 12.4 Å². The molecule has 0 amide bonds. The highest BCUT2D eigenvalue weighted by molar-refractivity contribution is 9.10. The maximum Gasteiger partial charge on any atom is 0.232 e. The number of rotatable bonds is 5. The minimum Gasteiger partial charge on any atom is -0.489 e. The van der Waals surface area contributed by atoms with E-state index in [2.05, 4.69) is 15.9 Å². The molecule has 0 heterocycles. The van der Waals surface area contributed by atoms with Crippen molar-refractivity contribution in [1.29, 1.82) is 0 Å². The van der Waals surface area contributed by atoms with Crippen LogP contribution in [0.15, 0.2) is 66.6 Å². The van der Waals surface area contributed by atoms with Crippen LogP contribution in [0.25, 0.3) is 0 Å². The summed E-state index contributed by atoms with van der Waals surface area (Å²) in [6.07, 6.45) is 8.68. The first-order valence-electron chi connectivity index (χ1n) is 6.15. The molecule has 0 saturated heterocycles. The van der Waals surface area contributed by atoms with E-state index >= 15 is 0 Å². The zero-order valence-corrected chi connectivity index (χ0v) is 12.3. The van der Waals surface area contributed by atoms with Gasteiger partial charge in [0, 0.05) is 6.08 Å². The number of nitrogens with zero attached hydrogens (tertiary/aromatic N) is 1. The molecule has 1 unspecified atom stereocenters. The molecule has 1 aromatic rings. The molecule has 0 aliphatic heterocycles. The third-order valence-corrected chi connectivity index (χ3v) is 3.71. The summed E-state index contributed by atoms with van der Waals surface area (Å²) in [5.41, 5.74) is 1.10. The molecule has 0 radical (unpaired) electrons. The van der Waals surface area contributed by atoms with Gasteiger partial charge in [-0.1, -0.05) is 52.3 Å². The van der Waals surface area contributed by atoms with E-state index in [-0.39, 0.29) is 0 Å². The molecule has 0 aromatic heterocycles. The van der Waals surface area contributed by atoms with Gasteiger partial charge in [0.15, 0.2) is 0 Å². The summed E-state index contributed by atoms with van der Waals surface area (Å²) in [5, 5.41) is 10.3. The topological polar surface area (TPSA) is 52.4 Å². The molecular weight excluding hydrogens is 322 g/mol. The zero-order chi connectivity index (χ0) is 14.4. The van der Waals surface area contributed by atoms with Gasteiger partial charge in [0.2, 0.25) is 6.20 Å². The molecule has 1 aliphatic rings. The van der Waals surface area contributed by atoms with E-state index in [4.69, 9.17) is 4.74 Å². The molecule has 0 fully saturated rings. The molecule has 4 nitrogen and oxygen atoms in total. The molecule has 5 heteroatoms. The number of halogens is 1. The fraction of sp³-hybridized carbons (Fsp3) is 0.200. The van der Waals surface area contributed by atoms with E-state index in [0.717, 1.165) is 17.5 Å². The van der Waals surface area contributed by atoms with E-state index in [0.29, 0.717) is 13.0 Å². The number of alkyl halides is 1. The monoisotopic (exact) mass is 335 g/mol. The van der Waals surface area contributed by atoms with Crippen LogP contribution in [0.1, 0.15) is 12.0 Å². The molecule has 20 heavy (non-hydrogen) atoms. The summed E-state index contributed by atoms with van der Waals surface area (Å²) in [7, 11) is 0. The van der Waals surface area contributed by atoms with Crippen molar-refractivity contribution in [1.82, 2.24) is 0 Å². The van der Waals surface area contributed by atoms with E-state index in [9.17, 15) is 10.1 Å². The lowest BCUT2D eigenvalue weighted by Gasteiger charge is -2.21. The van der Waals surface area contributed by atoms with E-state index in [1.165, 1.54) is 6.08 Å². The van der Waals surface area contributed by atoms with Crippen molar-refractivity contribution in [2.24, 2.45) is 0 Å². The number of nitro groups is 1. The van der Waals surface area contributed by atoms with Crippen molar-refractivity contribution in [3.05, 3.63) is 82.3 Å². The van der Waals surface area contributed by atoms with Gasteiger partial charge in [-0.25, -0.2) is 0 Å². The molecule has 0 spiro atoms. The first-order chi connectivity index (χ1) is 9.57. The lowest BCUT2D eigenvalue weighted by molar-refractivity contribution is -0.402. The van der Waals surface area contributed by atoms with Crippen molar-refractivity contribution in [3.63, 3.8) is 0 Å². The maximum atomic E-state index is 10.3. The van der Waals surface area contributed by atoms with Crippen LogP contribution in [0.5, 0.6) is 0 Å². The Morgan fingerprint density at radius 2 is 2.15 bits per heavy atom. The predicted octanol–water partition coefficient (Wildman–Crippen LogP) is 3.97. The largest absolute Gasteiger partial charge is 0.489 e. The second kappa shape index (κ2) is 6.52. The Kier molecular flexibility index (Phi) is 4.74. The van der Waals surface area contributed by atoms with Crippen molar-refractivity contribution < 1.29 is 9.66 Å². The van der Waals surface area contributed by atoms with E-state index in [1.54, 1.807) is 0 Å². The van der Waals surface area contributed by atoms with Gasteiger partial charge in [-0.3, -0.25) is 10.1 Å². The maximum absolute atomic E-state index is 10.3. The standard InChI is InChI=1S/C15H14BrNO3/c16-15(10-11-17(18)19)8-6-14(7-9-15)20-12-13-4-2-1-3-5-13/h1-8,10-11H,9,12H2. The summed E-state index contributed by atoms with van der Waals surface area (Å²) < 4.78 is 5.18. The number of hydrogen-bond acceptors (Lipinski definition) is 3. The minimum absolute atomic E-state index is 0.470. The molecular formula is C15H14BrNO3. The van der Waals surface area contributed by atoms with Gasteiger partial charge in [-0.15, -0.1) is 0 Å². The SMILES string of the molecule is O=[N+]([O-])C=CC1(Br)C=CC(OCc2ccccc2)=CC1. The third-order valence-electron chi connectivity index (χ3n) is 2.86. The minimum atomic E-state index is -0.500. The highest BCUT2D eigenvalue weighted by Gasteiger charge is 2.23. The Morgan fingerprint density at radius 3 is 2.75 bits per heavy atom. The molecule has 104 valence electrons. The Balaban J connectivity index is 1.90. The Bertz CT molecular complexity index is 566. The molecule has 0 saturated carbocycles. The normalized spacial score (nSPS) is 21.8. The van der Waals surface area contributed by atoms with Gasteiger partial charge in [0.05, 0.1) is 9.25 Å². The van der Waals surface area contributed by atoms with Crippen LogP contribution in [0.3, 0.4) is 0 Å². The second-order valence-corrected chi connectivity index (χ2v) is 5.92. The Morgan fingerprint density at radius 1 is 1.40 bits per heavy atom. The summed E-state index contributed by atoms with van der Waals surface area (Å²) in [5.74, 6) is 0.776. The first kappa shape index (κ1) is 14.5. The highest BCUT2D eigenvalue weighted by atomic mass is 79.9. The Hall–Kier alpha value is -1.88. The quantitative estimate of drug-likeness (QED) is 0.464. The molecule has 2 rings (SSSR count). The van der Waals surface area contributed by atoms with E-state index < -0.39 is 9.25 Å². The lowest BCUT2D eigenvalue weighted by Crippen LogP contribution is -2.16. The van der Waals surface area contributed by atoms with Crippen LogP contribution >= 0.6 is 15.9 Å². The molecule has 1 aliphatic carbocycles. The van der Waals surface area contributed by atoms with Crippen LogP contribution in [0, 0.1) is 10.1 Å². The number of allylic oxidation sites excluding steroid dienone is 4. The predicted molar refractivity (Wildman–Crippen MR) is 80.9 cm³/mol. The van der Waals surface area contributed by atoms with Crippen molar-refractivity contribution in [2.45, 2.75) is 17.4 Å². The summed E-state index contributed by atoms with van der Waals surface area (Å²) >= 11 is 3.47. The second-order valence-electron chi connectivity index (χ2n) is 4.45. The van der Waals surface area contributed by atoms with Gasteiger partial charge in [0.25, 0.3) is 0 Å². The molecule has 0 N–H and O–H groups in total. The van der Waals surface area contributed by atoms with Crippen LogP contribution in [0.2, 0.25) is 0 Å². The fourth-order valence-electron chi connectivity index (χ4n) is 1.77. The van der Waals surface area contributed by atoms with Crippen LogP contribution in [-0.2, 0) is 11.3 Å². The third kappa shape index (κ3) is 4.35. The lowest BCUT2D eigenvalue weighted by atomic mass is 10.00. The fourth-order valence-corrected chi connectivity index (χ4v) is 2.18. The summed E-state index contributed by atoms with van der Waals surface area (Å²) in [6.45, 7) is 0.511. The average Bonchev–Trinajstić information content (AvgIpc) is 2.46. The smallest absolute Gasteiger partial charge is 0.232 e. The highest BCUT2D eigenvalue weighted by Crippen LogP contribution is 2.31. The van der Waals surface area contributed by atoms with Crippen molar-refractivity contribution >= 4 is 15.9 Å². The van der Waals surface area contributed by atoms with Crippen LogP contribution in [-0.4, -0.2) is 9.25 Å². The van der Waals surface area contributed by atoms with Crippen LogP contribution < -0.4 is 0 Å². The zero-order valence-electron chi connectivity index (χ0n) is 10.7. The van der Waals surface area contributed by atoms with Crippen molar-refractivity contribution in [3.8, 4) is 0 Å². The Labute approximate surface area is 125 Å². The summed E-state index contributed by atoms with van der Waals surface area (Å²) in [6, 6.07) is 9.90. The van der Waals surface area contributed by atoms with Gasteiger partial charge in [-0.05, 0) is 24.1 Å². The number of benzene rings is 1. The van der Waals surface area contributed by atoms with Crippen LogP contribution in [0.4, 0.5) is 0 Å². The first-order valence-corrected chi connectivity index (χ1v) is 6.95. The van der Waals surface area contributed by atoms with Gasteiger partial charge in [-0.2, -0.15) is 0 Å². The summed E-state index contributed by atoms with van der Waals surface area (Å²) in [4.78, 5) is 9.87. The number of hydrogen-bond donors (Lipinski definition) is 0. The van der Waals surface area contributed by atoms with E-state index in [1.807, 2.05) is 48.6 Å². The van der Waals surface area contributed by atoms with Gasteiger partial charge >= 0.3 is 0 Å².